The summed E-state index contributed by atoms with van der Waals surface area (Å²) in [6.45, 7) is 11.9. The van der Waals surface area contributed by atoms with Crippen molar-refractivity contribution in [2.75, 3.05) is 66.1 Å². The van der Waals surface area contributed by atoms with Crippen molar-refractivity contribution < 1.29 is 4.74 Å². The average Bonchev–Trinajstić information content (AvgIpc) is 2.30. The van der Waals surface area contributed by atoms with E-state index in [2.05, 4.69) is 29.1 Å². The van der Waals surface area contributed by atoms with Crippen molar-refractivity contribution >= 4 is 0 Å². The normalized spacial score (nSPS) is 19.1. The monoisotopic (exact) mass is 229 g/mol. The van der Waals surface area contributed by atoms with E-state index in [1.165, 1.54) is 26.2 Å². The molecule has 4 nitrogen and oxygen atoms in total. The molecule has 1 saturated heterocycles. The minimum Gasteiger partial charge on any atom is -0.380 e. The molecule has 0 aromatic carbocycles. The first kappa shape index (κ1) is 13.9. The number of nitrogens with zero attached hydrogens (tertiary/aromatic N) is 2. The second-order valence-corrected chi connectivity index (χ2v) is 4.46. The quantitative estimate of drug-likeness (QED) is 0.604. The van der Waals surface area contributed by atoms with Crippen molar-refractivity contribution in [3.63, 3.8) is 0 Å². The Morgan fingerprint density at radius 1 is 1.12 bits per heavy atom. The fraction of sp³-hybridized carbons (Fsp3) is 1.00. The molecule has 1 aliphatic rings. The summed E-state index contributed by atoms with van der Waals surface area (Å²) in [7, 11) is 2.19. The molecule has 0 aromatic heterocycles. The topological polar surface area (TPSA) is 27.7 Å². The largest absolute Gasteiger partial charge is 0.380 e. The van der Waals surface area contributed by atoms with E-state index in [-0.39, 0.29) is 0 Å². The van der Waals surface area contributed by atoms with Gasteiger partial charge in [0.05, 0.1) is 6.61 Å². The molecular weight excluding hydrogens is 202 g/mol. The highest BCUT2D eigenvalue weighted by molar-refractivity contribution is 4.68. The lowest BCUT2D eigenvalue weighted by Gasteiger charge is -2.32. The van der Waals surface area contributed by atoms with E-state index in [9.17, 15) is 0 Å². The SMILES string of the molecule is CCNCCCOCCN1CCN(C)CC1. The standard InChI is InChI=1S/C12H27N3O/c1-3-13-5-4-11-16-12-10-15-8-6-14(2)7-9-15/h13H,3-12H2,1-2H3. The van der Waals surface area contributed by atoms with Crippen LogP contribution in [0.3, 0.4) is 0 Å². The molecule has 0 aliphatic carbocycles. The van der Waals surface area contributed by atoms with E-state index in [0.29, 0.717) is 0 Å². The first-order valence-corrected chi connectivity index (χ1v) is 6.52. The summed E-state index contributed by atoms with van der Waals surface area (Å²) < 4.78 is 5.61. The summed E-state index contributed by atoms with van der Waals surface area (Å²) in [5.41, 5.74) is 0. The second kappa shape index (κ2) is 8.93. The van der Waals surface area contributed by atoms with Gasteiger partial charge in [-0.1, -0.05) is 6.92 Å². The summed E-state index contributed by atoms with van der Waals surface area (Å²) in [5, 5.41) is 3.30. The van der Waals surface area contributed by atoms with Gasteiger partial charge in [0.25, 0.3) is 0 Å². The van der Waals surface area contributed by atoms with Crippen LogP contribution in [-0.4, -0.2) is 75.9 Å². The maximum absolute atomic E-state index is 5.61. The van der Waals surface area contributed by atoms with Crippen molar-refractivity contribution in [1.29, 1.82) is 0 Å². The Morgan fingerprint density at radius 2 is 1.88 bits per heavy atom. The number of hydrogen-bond acceptors (Lipinski definition) is 4. The minimum atomic E-state index is 0.885. The number of hydrogen-bond donors (Lipinski definition) is 1. The third-order valence-electron chi connectivity index (χ3n) is 3.04. The number of nitrogens with one attached hydrogen (secondary N) is 1. The fourth-order valence-corrected chi connectivity index (χ4v) is 1.84. The minimum absolute atomic E-state index is 0.885. The van der Waals surface area contributed by atoms with Crippen LogP contribution in [0.25, 0.3) is 0 Å². The molecule has 16 heavy (non-hydrogen) atoms. The Balaban J connectivity index is 1.84. The highest BCUT2D eigenvalue weighted by Gasteiger charge is 2.12. The lowest BCUT2D eigenvalue weighted by molar-refractivity contribution is 0.0809. The number of rotatable bonds is 8. The van der Waals surface area contributed by atoms with E-state index in [0.717, 1.165) is 39.3 Å². The van der Waals surface area contributed by atoms with E-state index in [4.69, 9.17) is 4.74 Å². The predicted octanol–water partition coefficient (Wildman–Crippen LogP) is 0.250. The molecule has 4 heteroatoms. The Bertz CT molecular complexity index is 158. The van der Waals surface area contributed by atoms with Gasteiger partial charge in [-0.2, -0.15) is 0 Å². The van der Waals surface area contributed by atoms with Gasteiger partial charge in [0, 0.05) is 39.3 Å². The fourth-order valence-electron chi connectivity index (χ4n) is 1.84. The first-order chi connectivity index (χ1) is 7.83. The van der Waals surface area contributed by atoms with E-state index in [1.54, 1.807) is 0 Å². The Hall–Kier alpha value is -0.160. The number of piperazine rings is 1. The predicted molar refractivity (Wildman–Crippen MR) is 67.9 cm³/mol. The summed E-state index contributed by atoms with van der Waals surface area (Å²) in [5.74, 6) is 0. The zero-order valence-electron chi connectivity index (χ0n) is 10.9. The second-order valence-electron chi connectivity index (χ2n) is 4.46. The summed E-state index contributed by atoms with van der Waals surface area (Å²) in [6, 6.07) is 0. The van der Waals surface area contributed by atoms with Crippen molar-refractivity contribution in [3.8, 4) is 0 Å². The van der Waals surface area contributed by atoms with Gasteiger partial charge >= 0.3 is 0 Å². The van der Waals surface area contributed by atoms with Gasteiger partial charge in [0.15, 0.2) is 0 Å². The smallest absolute Gasteiger partial charge is 0.0593 e. The molecule has 0 saturated carbocycles. The first-order valence-electron chi connectivity index (χ1n) is 6.52. The zero-order chi connectivity index (χ0) is 11.6. The van der Waals surface area contributed by atoms with Crippen LogP contribution in [0, 0.1) is 0 Å². The van der Waals surface area contributed by atoms with Crippen molar-refractivity contribution in [2.45, 2.75) is 13.3 Å². The molecule has 0 aromatic rings. The highest BCUT2D eigenvalue weighted by atomic mass is 16.5. The average molecular weight is 229 g/mol. The number of likely N-dealkylation sites (N-methyl/N-ethyl adjacent to an activating group) is 1. The molecule has 0 radical (unpaired) electrons. The molecule has 1 heterocycles. The van der Waals surface area contributed by atoms with Crippen molar-refractivity contribution in [3.05, 3.63) is 0 Å². The van der Waals surface area contributed by atoms with Crippen LogP contribution in [0.15, 0.2) is 0 Å². The van der Waals surface area contributed by atoms with Crippen LogP contribution >= 0.6 is 0 Å². The third-order valence-corrected chi connectivity index (χ3v) is 3.04. The molecule has 1 N–H and O–H groups in total. The maximum Gasteiger partial charge on any atom is 0.0593 e. The summed E-state index contributed by atoms with van der Waals surface area (Å²) >= 11 is 0. The van der Waals surface area contributed by atoms with Gasteiger partial charge in [-0.05, 0) is 26.6 Å². The molecule has 0 atom stereocenters. The zero-order valence-corrected chi connectivity index (χ0v) is 10.9. The van der Waals surface area contributed by atoms with Gasteiger partial charge in [0.1, 0.15) is 0 Å². The Kier molecular flexibility index (Phi) is 7.76. The number of ether oxygens (including phenoxy) is 1. The van der Waals surface area contributed by atoms with E-state index < -0.39 is 0 Å². The van der Waals surface area contributed by atoms with Crippen molar-refractivity contribution in [1.82, 2.24) is 15.1 Å². The molecule has 0 spiro atoms. The maximum atomic E-state index is 5.61. The summed E-state index contributed by atoms with van der Waals surface area (Å²) in [4.78, 5) is 4.87. The molecule has 0 unspecified atom stereocenters. The Labute approximate surface area is 99.9 Å². The molecule has 1 aliphatic heterocycles. The van der Waals surface area contributed by atoms with E-state index >= 15 is 0 Å². The van der Waals surface area contributed by atoms with Gasteiger partial charge in [0.2, 0.25) is 0 Å². The Morgan fingerprint density at radius 3 is 2.56 bits per heavy atom. The van der Waals surface area contributed by atoms with Gasteiger partial charge in [-0.25, -0.2) is 0 Å². The molecule has 96 valence electrons. The van der Waals surface area contributed by atoms with Crippen LogP contribution in [0.5, 0.6) is 0 Å². The molecule has 1 rings (SSSR count). The van der Waals surface area contributed by atoms with Crippen LogP contribution in [0.2, 0.25) is 0 Å². The van der Waals surface area contributed by atoms with Crippen LogP contribution in [0.1, 0.15) is 13.3 Å². The third kappa shape index (κ3) is 6.43. The molecule has 0 bridgehead atoms. The van der Waals surface area contributed by atoms with E-state index in [1.807, 2.05) is 0 Å². The van der Waals surface area contributed by atoms with Gasteiger partial charge in [-0.3, -0.25) is 4.90 Å². The van der Waals surface area contributed by atoms with Crippen LogP contribution in [0.4, 0.5) is 0 Å². The lowest BCUT2D eigenvalue weighted by atomic mass is 10.3. The molecule has 1 fully saturated rings. The molecular formula is C12H27N3O. The summed E-state index contributed by atoms with van der Waals surface area (Å²) in [6.07, 6.45) is 1.12. The lowest BCUT2D eigenvalue weighted by Crippen LogP contribution is -2.45. The van der Waals surface area contributed by atoms with Gasteiger partial charge in [-0.15, -0.1) is 0 Å². The van der Waals surface area contributed by atoms with Crippen LogP contribution < -0.4 is 5.32 Å². The molecule has 0 amide bonds. The van der Waals surface area contributed by atoms with Gasteiger partial charge < -0.3 is 15.0 Å². The van der Waals surface area contributed by atoms with Crippen LogP contribution in [-0.2, 0) is 4.74 Å². The highest BCUT2D eigenvalue weighted by Crippen LogP contribution is 1.98. The van der Waals surface area contributed by atoms with Crippen molar-refractivity contribution in [2.24, 2.45) is 0 Å².